The summed E-state index contributed by atoms with van der Waals surface area (Å²) < 4.78 is 42.8. The number of aromatic nitrogens is 2. The molecule has 0 aliphatic heterocycles. The van der Waals surface area contributed by atoms with Gasteiger partial charge in [-0.1, -0.05) is 18.3 Å². The monoisotopic (exact) mass is 299 g/mol. The molecule has 1 aromatic heterocycles. The summed E-state index contributed by atoms with van der Waals surface area (Å²) in [6.45, 7) is 0. The summed E-state index contributed by atoms with van der Waals surface area (Å²) in [6, 6.07) is 5.74. The van der Waals surface area contributed by atoms with Gasteiger partial charge in [-0.3, -0.25) is 0 Å². The van der Waals surface area contributed by atoms with Crippen molar-refractivity contribution in [3.05, 3.63) is 47.8 Å². The fourth-order valence-electron chi connectivity index (χ4n) is 1.37. The van der Waals surface area contributed by atoms with Gasteiger partial charge in [0.05, 0.1) is 5.56 Å². The number of rotatable bonds is 3. The number of hydrogen-bond donors (Lipinski definition) is 1. The zero-order valence-electron chi connectivity index (χ0n) is 9.89. The van der Waals surface area contributed by atoms with Gasteiger partial charge < -0.3 is 10.5 Å². The zero-order chi connectivity index (χ0) is 14.8. The van der Waals surface area contributed by atoms with E-state index < -0.39 is 11.7 Å². The number of nitrogens with two attached hydrogens (primary N) is 1. The maximum Gasteiger partial charge on any atom is 0.416 e. The number of nitrogens with zero attached hydrogens (tertiary/aromatic N) is 2. The Kier molecular flexibility index (Phi) is 3.84. The molecule has 0 unspecified atom stereocenters. The van der Waals surface area contributed by atoms with E-state index in [1.165, 1.54) is 24.4 Å². The highest BCUT2D eigenvalue weighted by Crippen LogP contribution is 2.32. The first kappa shape index (κ1) is 14.2. The maximum absolute atomic E-state index is 12.6. The molecule has 4 nitrogen and oxygen atoms in total. The summed E-state index contributed by atoms with van der Waals surface area (Å²) in [5.41, 5.74) is 4.85. The lowest BCUT2D eigenvalue weighted by atomic mass is 10.2. The molecule has 0 aliphatic carbocycles. The second-order valence-electron chi connectivity index (χ2n) is 3.72. The molecule has 0 fully saturated rings. The first-order valence-corrected chi connectivity index (χ1v) is 5.75. The van der Waals surface area contributed by atoms with Crippen molar-refractivity contribution in [3.63, 3.8) is 0 Å². The Morgan fingerprint density at radius 2 is 2.00 bits per heavy atom. The van der Waals surface area contributed by atoms with Crippen LogP contribution in [0.4, 0.5) is 13.2 Å². The molecule has 0 spiro atoms. The molecule has 1 aromatic carbocycles. The van der Waals surface area contributed by atoms with Crippen LogP contribution < -0.4 is 10.5 Å². The van der Waals surface area contributed by atoms with Gasteiger partial charge in [-0.05, 0) is 24.3 Å². The minimum Gasteiger partial charge on any atom is -0.424 e. The zero-order valence-corrected chi connectivity index (χ0v) is 10.7. The van der Waals surface area contributed by atoms with Gasteiger partial charge in [0.15, 0.2) is 0 Å². The fourth-order valence-corrected chi connectivity index (χ4v) is 1.48. The third-order valence-electron chi connectivity index (χ3n) is 2.26. The highest BCUT2D eigenvalue weighted by Gasteiger charge is 2.30. The van der Waals surface area contributed by atoms with Crippen LogP contribution in [-0.2, 0) is 6.18 Å². The Morgan fingerprint density at radius 1 is 1.25 bits per heavy atom. The smallest absolute Gasteiger partial charge is 0.416 e. The molecular weight excluding hydrogens is 291 g/mol. The van der Waals surface area contributed by atoms with E-state index in [0.29, 0.717) is 0 Å². The van der Waals surface area contributed by atoms with Gasteiger partial charge in [0.25, 0.3) is 0 Å². The number of thiocarbonyl (C=S) groups is 1. The van der Waals surface area contributed by atoms with Crippen molar-refractivity contribution in [2.24, 2.45) is 5.73 Å². The number of benzene rings is 1. The van der Waals surface area contributed by atoms with Gasteiger partial charge in [0.1, 0.15) is 16.4 Å². The van der Waals surface area contributed by atoms with E-state index in [0.717, 1.165) is 12.1 Å². The van der Waals surface area contributed by atoms with E-state index >= 15 is 0 Å². The lowest BCUT2D eigenvalue weighted by Crippen LogP contribution is -2.12. The number of alkyl halides is 3. The highest BCUT2D eigenvalue weighted by atomic mass is 32.1. The molecule has 0 atom stereocenters. The van der Waals surface area contributed by atoms with Crippen LogP contribution >= 0.6 is 12.2 Å². The second kappa shape index (κ2) is 5.41. The fraction of sp³-hybridized carbons (Fsp3) is 0.0833. The first-order valence-electron chi connectivity index (χ1n) is 5.34. The first-order chi connectivity index (χ1) is 9.36. The SMILES string of the molecule is NC(=S)c1ccnc(Oc2cccc(C(F)(F)F)c2)n1. The van der Waals surface area contributed by atoms with E-state index in [1.54, 1.807) is 0 Å². The topological polar surface area (TPSA) is 61.0 Å². The number of ether oxygens (including phenoxy) is 1. The van der Waals surface area contributed by atoms with Crippen molar-refractivity contribution in [2.75, 3.05) is 0 Å². The number of halogens is 3. The average Bonchev–Trinajstić information content (AvgIpc) is 2.38. The third-order valence-corrected chi connectivity index (χ3v) is 2.47. The minimum absolute atomic E-state index is 0.0279. The Bertz CT molecular complexity index is 646. The highest BCUT2D eigenvalue weighted by molar-refractivity contribution is 7.80. The Hall–Kier alpha value is -2.22. The van der Waals surface area contributed by atoms with Crippen LogP contribution in [-0.4, -0.2) is 15.0 Å². The van der Waals surface area contributed by atoms with Crippen LogP contribution in [0.5, 0.6) is 11.8 Å². The molecule has 8 heteroatoms. The number of hydrogen-bond acceptors (Lipinski definition) is 4. The Balaban J connectivity index is 2.26. The van der Waals surface area contributed by atoms with Crippen LogP contribution in [0.25, 0.3) is 0 Å². The normalized spacial score (nSPS) is 11.2. The molecule has 104 valence electrons. The molecule has 2 rings (SSSR count). The lowest BCUT2D eigenvalue weighted by molar-refractivity contribution is -0.137. The minimum atomic E-state index is -4.44. The van der Waals surface area contributed by atoms with Crippen molar-refractivity contribution >= 4 is 17.2 Å². The van der Waals surface area contributed by atoms with Crippen LogP contribution in [0.2, 0.25) is 0 Å². The van der Waals surface area contributed by atoms with Crippen LogP contribution in [0.3, 0.4) is 0 Å². The third kappa shape index (κ3) is 3.41. The Morgan fingerprint density at radius 3 is 2.65 bits per heavy atom. The molecule has 0 aliphatic rings. The van der Waals surface area contributed by atoms with Gasteiger partial charge in [-0.15, -0.1) is 0 Å². The quantitative estimate of drug-likeness (QED) is 0.883. The largest absolute Gasteiger partial charge is 0.424 e. The van der Waals surface area contributed by atoms with Crippen LogP contribution in [0.15, 0.2) is 36.5 Å². The van der Waals surface area contributed by atoms with Crippen LogP contribution in [0.1, 0.15) is 11.3 Å². The summed E-state index contributed by atoms with van der Waals surface area (Å²) >= 11 is 4.74. The van der Waals surface area contributed by atoms with Crippen LogP contribution in [0, 0.1) is 0 Å². The molecule has 20 heavy (non-hydrogen) atoms. The molecule has 0 amide bonds. The van der Waals surface area contributed by atoms with Crippen molar-refractivity contribution in [3.8, 4) is 11.8 Å². The van der Waals surface area contributed by atoms with E-state index in [2.05, 4.69) is 9.97 Å². The van der Waals surface area contributed by atoms with Crippen molar-refractivity contribution in [1.29, 1.82) is 0 Å². The molecule has 0 bridgehead atoms. The predicted octanol–water partition coefficient (Wildman–Crippen LogP) is 2.92. The molecule has 2 N–H and O–H groups in total. The molecule has 0 saturated carbocycles. The van der Waals surface area contributed by atoms with E-state index in [1.807, 2.05) is 0 Å². The lowest BCUT2D eigenvalue weighted by Gasteiger charge is -2.09. The standard InChI is InChI=1S/C12H8F3N3OS/c13-12(14,15)7-2-1-3-8(6-7)19-11-17-5-4-9(18-11)10(16)20/h1-6H,(H2,16,20). The van der Waals surface area contributed by atoms with Crippen molar-refractivity contribution in [2.45, 2.75) is 6.18 Å². The van der Waals surface area contributed by atoms with Gasteiger partial charge in [0.2, 0.25) is 0 Å². The maximum atomic E-state index is 12.6. The van der Waals surface area contributed by atoms with E-state index in [-0.39, 0.29) is 22.4 Å². The summed E-state index contributed by atoms with van der Waals surface area (Å²) in [6.07, 6.45) is -3.09. The summed E-state index contributed by atoms with van der Waals surface area (Å²) in [7, 11) is 0. The molecule has 0 saturated heterocycles. The van der Waals surface area contributed by atoms with Gasteiger partial charge in [-0.2, -0.15) is 18.2 Å². The predicted molar refractivity (Wildman–Crippen MR) is 69.4 cm³/mol. The van der Waals surface area contributed by atoms with E-state index in [9.17, 15) is 13.2 Å². The summed E-state index contributed by atoms with van der Waals surface area (Å²) in [5.74, 6) is -0.0279. The molecule has 2 aromatic rings. The van der Waals surface area contributed by atoms with E-state index in [4.69, 9.17) is 22.7 Å². The Labute approximate surface area is 117 Å². The molecular formula is C12H8F3N3OS. The van der Waals surface area contributed by atoms with Crippen molar-refractivity contribution < 1.29 is 17.9 Å². The second-order valence-corrected chi connectivity index (χ2v) is 4.16. The summed E-state index contributed by atoms with van der Waals surface area (Å²) in [4.78, 5) is 7.70. The summed E-state index contributed by atoms with van der Waals surface area (Å²) in [5, 5.41) is 0. The molecule has 1 heterocycles. The van der Waals surface area contributed by atoms with Crippen molar-refractivity contribution in [1.82, 2.24) is 9.97 Å². The van der Waals surface area contributed by atoms with Gasteiger partial charge in [-0.25, -0.2) is 4.98 Å². The van der Waals surface area contributed by atoms with Gasteiger partial charge >= 0.3 is 12.2 Å². The average molecular weight is 299 g/mol. The van der Waals surface area contributed by atoms with Gasteiger partial charge in [0, 0.05) is 6.20 Å². The molecule has 0 radical (unpaired) electrons.